The molecule has 86 valence electrons. The molecule has 1 aliphatic rings. The van der Waals surface area contributed by atoms with Crippen LogP contribution in [-0.4, -0.2) is 18.4 Å². The summed E-state index contributed by atoms with van der Waals surface area (Å²) in [5.41, 5.74) is 2.06. The van der Waals surface area contributed by atoms with Crippen LogP contribution in [0.4, 0.5) is 5.69 Å². The van der Waals surface area contributed by atoms with Gasteiger partial charge in [0.2, 0.25) is 0 Å². The molecule has 0 spiro atoms. The number of hydrogen-bond acceptors (Lipinski definition) is 2. The van der Waals surface area contributed by atoms with E-state index in [0.717, 1.165) is 18.2 Å². The fraction of sp³-hybridized carbons (Fsp3) is 0.500. The van der Waals surface area contributed by atoms with E-state index in [0.29, 0.717) is 0 Å². The van der Waals surface area contributed by atoms with Crippen molar-refractivity contribution in [2.45, 2.75) is 39.2 Å². The van der Waals surface area contributed by atoms with Crippen molar-refractivity contribution in [3.05, 3.63) is 29.8 Å². The highest BCUT2D eigenvalue weighted by Crippen LogP contribution is 2.31. The highest BCUT2D eigenvalue weighted by Gasteiger charge is 2.28. The van der Waals surface area contributed by atoms with E-state index in [9.17, 15) is 4.79 Å². The Bertz CT molecular complexity index is 365. The zero-order valence-electron chi connectivity index (χ0n) is 10.1. The maximum Gasteiger partial charge on any atom is 0.159 e. The summed E-state index contributed by atoms with van der Waals surface area (Å²) in [4.78, 5) is 13.6. The molecule has 0 radical (unpaired) electrons. The minimum Gasteiger partial charge on any atom is -0.369 e. The van der Waals surface area contributed by atoms with E-state index in [1.807, 2.05) is 12.1 Å². The molecule has 0 aromatic heterocycles. The van der Waals surface area contributed by atoms with Gasteiger partial charge in [0.15, 0.2) is 5.78 Å². The fourth-order valence-electron chi connectivity index (χ4n) is 2.04. The van der Waals surface area contributed by atoms with Crippen molar-refractivity contribution in [2.75, 3.05) is 11.4 Å². The highest BCUT2D eigenvalue weighted by molar-refractivity contribution is 5.94. The summed E-state index contributed by atoms with van der Waals surface area (Å²) >= 11 is 0. The number of Topliss-reactive ketones (excluding diaryl/α,β-unsaturated/α-hetero) is 1. The Hall–Kier alpha value is -1.31. The van der Waals surface area contributed by atoms with Gasteiger partial charge in [-0.2, -0.15) is 0 Å². The second kappa shape index (κ2) is 4.69. The summed E-state index contributed by atoms with van der Waals surface area (Å²) in [6.45, 7) is 4.93. The first-order chi connectivity index (χ1) is 7.72. The second-order valence-electron chi connectivity index (χ2n) is 4.53. The Morgan fingerprint density at radius 1 is 1.31 bits per heavy atom. The molecule has 1 fully saturated rings. The van der Waals surface area contributed by atoms with Gasteiger partial charge < -0.3 is 4.90 Å². The molecule has 0 unspecified atom stereocenters. The third-order valence-corrected chi connectivity index (χ3v) is 3.06. The Kier molecular flexibility index (Phi) is 3.28. The van der Waals surface area contributed by atoms with Gasteiger partial charge in [0.1, 0.15) is 0 Å². The number of ketones is 1. The summed E-state index contributed by atoms with van der Waals surface area (Å²) in [6.07, 6.45) is 3.80. The van der Waals surface area contributed by atoms with Gasteiger partial charge in [-0.15, -0.1) is 0 Å². The lowest BCUT2D eigenvalue weighted by molar-refractivity contribution is 0.101. The molecular weight excluding hydrogens is 198 g/mol. The maximum absolute atomic E-state index is 11.2. The van der Waals surface area contributed by atoms with E-state index in [1.54, 1.807) is 6.92 Å². The van der Waals surface area contributed by atoms with Crippen molar-refractivity contribution < 1.29 is 4.79 Å². The Morgan fingerprint density at radius 3 is 2.38 bits per heavy atom. The largest absolute Gasteiger partial charge is 0.369 e. The van der Waals surface area contributed by atoms with Crippen molar-refractivity contribution in [2.24, 2.45) is 0 Å². The lowest BCUT2D eigenvalue weighted by atomic mass is 10.1. The topological polar surface area (TPSA) is 20.3 Å². The summed E-state index contributed by atoms with van der Waals surface area (Å²) < 4.78 is 0. The average molecular weight is 217 g/mol. The second-order valence-corrected chi connectivity index (χ2v) is 4.53. The number of carbonyl (C=O) groups excluding carboxylic acids is 1. The molecule has 0 amide bonds. The van der Waals surface area contributed by atoms with E-state index in [1.165, 1.54) is 24.9 Å². The summed E-state index contributed by atoms with van der Waals surface area (Å²) in [7, 11) is 0. The van der Waals surface area contributed by atoms with E-state index < -0.39 is 0 Å². The summed E-state index contributed by atoms with van der Waals surface area (Å²) in [6, 6.07) is 8.75. The van der Waals surface area contributed by atoms with Crippen LogP contribution in [0.25, 0.3) is 0 Å². The van der Waals surface area contributed by atoms with E-state index >= 15 is 0 Å². The van der Waals surface area contributed by atoms with Crippen LogP contribution in [0.2, 0.25) is 0 Å². The van der Waals surface area contributed by atoms with Gasteiger partial charge in [-0.05, 0) is 50.5 Å². The maximum atomic E-state index is 11.2. The first-order valence-electron chi connectivity index (χ1n) is 6.10. The standard InChI is InChI=1S/C14H19NO/c1-3-10-15(14-8-9-14)13-6-4-12(5-7-13)11(2)16/h4-7,14H,3,8-10H2,1-2H3. The third-order valence-electron chi connectivity index (χ3n) is 3.06. The van der Waals surface area contributed by atoms with Gasteiger partial charge in [-0.3, -0.25) is 4.79 Å². The zero-order valence-corrected chi connectivity index (χ0v) is 10.1. The molecule has 16 heavy (non-hydrogen) atoms. The quantitative estimate of drug-likeness (QED) is 0.705. The summed E-state index contributed by atoms with van der Waals surface area (Å²) in [5, 5.41) is 0. The molecule has 2 nitrogen and oxygen atoms in total. The van der Waals surface area contributed by atoms with Crippen LogP contribution in [0.15, 0.2) is 24.3 Å². The minimum absolute atomic E-state index is 0.139. The van der Waals surface area contributed by atoms with Crippen LogP contribution in [0.1, 0.15) is 43.5 Å². The van der Waals surface area contributed by atoms with Crippen LogP contribution in [0.5, 0.6) is 0 Å². The van der Waals surface area contributed by atoms with E-state index in [2.05, 4.69) is 24.0 Å². The van der Waals surface area contributed by atoms with Crippen molar-refractivity contribution >= 4 is 11.5 Å². The van der Waals surface area contributed by atoms with Crippen molar-refractivity contribution in [3.63, 3.8) is 0 Å². The van der Waals surface area contributed by atoms with Crippen LogP contribution in [-0.2, 0) is 0 Å². The van der Waals surface area contributed by atoms with Gasteiger partial charge in [0.05, 0.1) is 0 Å². The van der Waals surface area contributed by atoms with Crippen molar-refractivity contribution in [1.82, 2.24) is 0 Å². The molecular formula is C14H19NO. The molecule has 1 aromatic rings. The van der Waals surface area contributed by atoms with Gasteiger partial charge >= 0.3 is 0 Å². The fourth-order valence-corrected chi connectivity index (χ4v) is 2.04. The smallest absolute Gasteiger partial charge is 0.159 e. The number of anilines is 1. The number of benzene rings is 1. The monoisotopic (exact) mass is 217 g/mol. The molecule has 0 N–H and O–H groups in total. The molecule has 2 rings (SSSR count). The highest BCUT2D eigenvalue weighted by atomic mass is 16.1. The van der Waals surface area contributed by atoms with Gasteiger partial charge in [-0.25, -0.2) is 0 Å². The molecule has 1 aliphatic carbocycles. The first-order valence-corrected chi connectivity index (χ1v) is 6.10. The molecule has 0 atom stereocenters. The first kappa shape index (κ1) is 11.2. The normalized spacial score (nSPS) is 14.9. The average Bonchev–Trinajstić information content (AvgIpc) is 3.10. The number of rotatable bonds is 5. The van der Waals surface area contributed by atoms with Crippen molar-refractivity contribution in [1.29, 1.82) is 0 Å². The van der Waals surface area contributed by atoms with Crippen molar-refractivity contribution in [3.8, 4) is 0 Å². The van der Waals surface area contributed by atoms with Crippen LogP contribution in [0, 0.1) is 0 Å². The lowest BCUT2D eigenvalue weighted by Crippen LogP contribution is -2.26. The number of hydrogen-bond donors (Lipinski definition) is 0. The van der Waals surface area contributed by atoms with Gasteiger partial charge in [0, 0.05) is 23.8 Å². The van der Waals surface area contributed by atoms with Crippen LogP contribution < -0.4 is 4.90 Å². The Balaban J connectivity index is 2.14. The molecule has 1 aromatic carbocycles. The van der Waals surface area contributed by atoms with Gasteiger partial charge in [0.25, 0.3) is 0 Å². The summed E-state index contributed by atoms with van der Waals surface area (Å²) in [5.74, 6) is 0.139. The number of nitrogens with zero attached hydrogens (tertiary/aromatic N) is 1. The SMILES string of the molecule is CCCN(c1ccc(C(C)=O)cc1)C1CC1. The minimum atomic E-state index is 0.139. The zero-order chi connectivity index (χ0) is 11.5. The molecule has 2 heteroatoms. The van der Waals surface area contributed by atoms with E-state index in [-0.39, 0.29) is 5.78 Å². The molecule has 0 aliphatic heterocycles. The predicted octanol–water partition coefficient (Wildman–Crippen LogP) is 3.27. The Morgan fingerprint density at radius 2 is 1.94 bits per heavy atom. The molecule has 0 saturated heterocycles. The molecule has 0 bridgehead atoms. The Labute approximate surface area is 97.3 Å². The van der Waals surface area contributed by atoms with Gasteiger partial charge in [-0.1, -0.05) is 6.92 Å². The third kappa shape index (κ3) is 2.43. The molecule has 0 heterocycles. The number of carbonyl (C=O) groups is 1. The predicted molar refractivity (Wildman–Crippen MR) is 67.1 cm³/mol. The lowest BCUT2D eigenvalue weighted by Gasteiger charge is -2.24. The van der Waals surface area contributed by atoms with Crippen LogP contribution in [0.3, 0.4) is 0 Å². The molecule has 1 saturated carbocycles. The van der Waals surface area contributed by atoms with E-state index in [4.69, 9.17) is 0 Å². The van der Waals surface area contributed by atoms with Crippen LogP contribution >= 0.6 is 0 Å².